The molecule has 3 aromatic heterocycles. The number of fused-ring (bicyclic) bond motifs is 2. The normalized spacial score (nSPS) is 15.7. The number of nitrogens with one attached hydrogen (secondary N) is 1. The van der Waals surface area contributed by atoms with E-state index >= 15 is 0 Å². The monoisotopic (exact) mass is 634 g/mol. The number of halogens is 4. The molecular weight excluding hydrogens is 609 g/mol. The molecular formula is C28H26BrF3N4O3S. The Hall–Kier alpha value is -3.25. The number of methoxy groups -OCH3 is 1. The second kappa shape index (κ2) is 10.3. The van der Waals surface area contributed by atoms with Gasteiger partial charge in [-0.25, -0.2) is 14.3 Å². The predicted molar refractivity (Wildman–Crippen MR) is 150 cm³/mol. The maximum Gasteiger partial charge on any atom is 0.433 e. The fraction of sp³-hybridized carbons (Fsp3) is 0.357. The number of carbonyl (C=O) groups excluding carboxylic acids is 2. The zero-order valence-corrected chi connectivity index (χ0v) is 24.6. The van der Waals surface area contributed by atoms with Gasteiger partial charge in [0.25, 0.3) is 5.91 Å². The average Bonchev–Trinajstić information content (AvgIpc) is 3.43. The van der Waals surface area contributed by atoms with Gasteiger partial charge in [-0.2, -0.15) is 18.3 Å². The largest absolute Gasteiger partial charge is 0.465 e. The minimum absolute atomic E-state index is 0.00187. The number of esters is 1. The fourth-order valence-electron chi connectivity index (χ4n) is 4.99. The molecule has 1 aromatic carbocycles. The highest BCUT2D eigenvalue weighted by molar-refractivity contribution is 9.10. The molecule has 0 radical (unpaired) electrons. The van der Waals surface area contributed by atoms with Gasteiger partial charge < -0.3 is 10.1 Å². The van der Waals surface area contributed by atoms with Crippen molar-refractivity contribution < 1.29 is 27.5 Å². The van der Waals surface area contributed by atoms with Gasteiger partial charge in [-0.3, -0.25) is 4.79 Å². The number of amides is 1. The number of aromatic nitrogens is 3. The van der Waals surface area contributed by atoms with Crippen LogP contribution in [0.15, 0.2) is 40.9 Å². The van der Waals surface area contributed by atoms with Crippen LogP contribution in [0.3, 0.4) is 0 Å². The number of carbonyl (C=O) groups is 2. The zero-order chi connectivity index (χ0) is 29.0. The average molecular weight is 636 g/mol. The second-order valence-corrected chi connectivity index (χ2v) is 12.6. The molecule has 1 aliphatic carbocycles. The fourth-order valence-corrected chi connectivity index (χ4v) is 6.82. The number of thiophene rings is 1. The molecule has 0 bridgehead atoms. The summed E-state index contributed by atoms with van der Waals surface area (Å²) < 4.78 is 47.9. The lowest BCUT2D eigenvalue weighted by atomic mass is 9.72. The first-order valence-electron chi connectivity index (χ1n) is 12.6. The maximum absolute atomic E-state index is 14.1. The van der Waals surface area contributed by atoms with Crippen molar-refractivity contribution in [3.05, 3.63) is 68.3 Å². The molecule has 12 heteroatoms. The van der Waals surface area contributed by atoms with Gasteiger partial charge in [0.1, 0.15) is 5.00 Å². The summed E-state index contributed by atoms with van der Waals surface area (Å²) >= 11 is 4.55. The van der Waals surface area contributed by atoms with E-state index in [1.807, 2.05) is 0 Å². The van der Waals surface area contributed by atoms with Crippen molar-refractivity contribution in [3.8, 4) is 11.3 Å². The number of alkyl halides is 3. The lowest BCUT2D eigenvalue weighted by Gasteiger charge is -2.33. The van der Waals surface area contributed by atoms with Crippen LogP contribution in [-0.2, 0) is 23.8 Å². The van der Waals surface area contributed by atoms with Gasteiger partial charge >= 0.3 is 12.1 Å². The van der Waals surface area contributed by atoms with Crippen LogP contribution in [0, 0.1) is 11.3 Å². The van der Waals surface area contributed by atoms with Crippen LogP contribution in [-0.4, -0.2) is 33.6 Å². The first-order valence-corrected chi connectivity index (χ1v) is 14.2. The Morgan fingerprint density at radius 3 is 2.50 bits per heavy atom. The van der Waals surface area contributed by atoms with Crippen molar-refractivity contribution in [1.82, 2.24) is 14.6 Å². The summed E-state index contributed by atoms with van der Waals surface area (Å²) in [6.07, 6.45) is -2.47. The van der Waals surface area contributed by atoms with Crippen LogP contribution in [0.4, 0.5) is 18.2 Å². The Morgan fingerprint density at radius 1 is 1.18 bits per heavy atom. The molecule has 5 rings (SSSR count). The molecule has 3 heterocycles. The van der Waals surface area contributed by atoms with Gasteiger partial charge in [-0.15, -0.1) is 11.3 Å². The molecule has 0 fully saturated rings. The molecule has 0 spiro atoms. The summed E-state index contributed by atoms with van der Waals surface area (Å²) in [6, 6.07) is 9.34. The number of nitrogens with zero attached hydrogens (tertiary/aromatic N) is 3. The molecule has 0 saturated heterocycles. The third-order valence-corrected chi connectivity index (χ3v) is 9.11. The quantitative estimate of drug-likeness (QED) is 0.236. The van der Waals surface area contributed by atoms with Gasteiger partial charge in [0.2, 0.25) is 0 Å². The van der Waals surface area contributed by atoms with Crippen LogP contribution < -0.4 is 5.32 Å². The van der Waals surface area contributed by atoms with Gasteiger partial charge in [-0.1, -0.05) is 51.1 Å². The predicted octanol–water partition coefficient (Wildman–Crippen LogP) is 7.43. The van der Waals surface area contributed by atoms with Crippen LogP contribution in [0.5, 0.6) is 0 Å². The number of ether oxygens (including phenoxy) is 1. The Morgan fingerprint density at radius 2 is 1.88 bits per heavy atom. The van der Waals surface area contributed by atoms with E-state index in [1.54, 1.807) is 30.3 Å². The van der Waals surface area contributed by atoms with E-state index in [0.717, 1.165) is 29.3 Å². The van der Waals surface area contributed by atoms with E-state index in [4.69, 9.17) is 4.74 Å². The Kier molecular flexibility index (Phi) is 7.28. The van der Waals surface area contributed by atoms with Crippen molar-refractivity contribution in [2.75, 3.05) is 12.4 Å². The number of hydrogen-bond donors (Lipinski definition) is 1. The molecule has 1 atom stereocenters. The van der Waals surface area contributed by atoms with E-state index in [0.29, 0.717) is 22.4 Å². The Balaban J connectivity index is 1.57. The lowest BCUT2D eigenvalue weighted by Crippen LogP contribution is -2.26. The molecule has 210 valence electrons. The highest BCUT2D eigenvalue weighted by Gasteiger charge is 2.38. The van der Waals surface area contributed by atoms with E-state index in [1.165, 1.54) is 18.4 Å². The minimum atomic E-state index is -4.77. The summed E-state index contributed by atoms with van der Waals surface area (Å²) in [5.74, 6) is -0.960. The zero-order valence-electron chi connectivity index (χ0n) is 22.1. The van der Waals surface area contributed by atoms with E-state index in [-0.39, 0.29) is 37.5 Å². The van der Waals surface area contributed by atoms with Crippen LogP contribution in [0.25, 0.3) is 16.9 Å². The summed E-state index contributed by atoms with van der Waals surface area (Å²) in [4.78, 5) is 31.6. The third-order valence-electron chi connectivity index (χ3n) is 7.21. The molecule has 0 aliphatic heterocycles. The Labute approximate surface area is 240 Å². The standard InChI is InChI=1S/C28H26BrF3N4O3S/c1-27(2,3)15-10-11-16-18(12-15)40-25(20(16)26(38)39-4)34-24(37)22-21(29)23-33-17(14-8-6-5-7-9-14)13-19(28(30,31)32)36(23)35-22/h5-9,13,15H,10-12H2,1-4H3,(H,34,37)/t15-/m1/s1. The molecule has 7 nitrogen and oxygen atoms in total. The SMILES string of the molecule is COC(=O)c1c(NC(=O)c2nn3c(C(F)(F)F)cc(-c4ccccc4)nc3c2Br)sc2c1CC[C@@H](C(C)(C)C)C2. The smallest absolute Gasteiger partial charge is 0.433 e. The molecule has 1 amide bonds. The highest BCUT2D eigenvalue weighted by Crippen LogP contribution is 2.45. The minimum Gasteiger partial charge on any atom is -0.465 e. The van der Waals surface area contributed by atoms with Crippen molar-refractivity contribution in [2.45, 2.75) is 46.2 Å². The first-order chi connectivity index (χ1) is 18.8. The van der Waals surface area contributed by atoms with E-state index in [2.05, 4.69) is 52.1 Å². The molecule has 4 aromatic rings. The van der Waals surface area contributed by atoms with Crippen molar-refractivity contribution in [2.24, 2.45) is 11.3 Å². The van der Waals surface area contributed by atoms with Crippen molar-refractivity contribution >= 4 is 49.8 Å². The topological polar surface area (TPSA) is 85.6 Å². The third kappa shape index (κ3) is 5.14. The van der Waals surface area contributed by atoms with Gasteiger partial charge in [0.15, 0.2) is 17.0 Å². The van der Waals surface area contributed by atoms with Crippen LogP contribution in [0.1, 0.15) is 64.2 Å². The second-order valence-electron chi connectivity index (χ2n) is 10.7. The number of hydrogen-bond acceptors (Lipinski definition) is 6. The number of benzene rings is 1. The molecule has 0 saturated carbocycles. The summed E-state index contributed by atoms with van der Waals surface area (Å²) in [5, 5.41) is 7.00. The first kappa shape index (κ1) is 28.3. The summed E-state index contributed by atoms with van der Waals surface area (Å²) in [7, 11) is 1.27. The highest BCUT2D eigenvalue weighted by atomic mass is 79.9. The number of anilines is 1. The van der Waals surface area contributed by atoms with E-state index < -0.39 is 23.7 Å². The molecule has 1 N–H and O–H groups in total. The number of rotatable bonds is 4. The van der Waals surface area contributed by atoms with Gasteiger partial charge in [-0.05, 0) is 58.2 Å². The van der Waals surface area contributed by atoms with Gasteiger partial charge in [0.05, 0.1) is 22.8 Å². The summed E-state index contributed by atoms with van der Waals surface area (Å²) in [6.45, 7) is 6.52. The van der Waals surface area contributed by atoms with Crippen molar-refractivity contribution in [3.63, 3.8) is 0 Å². The maximum atomic E-state index is 14.1. The molecule has 1 aliphatic rings. The van der Waals surface area contributed by atoms with Crippen molar-refractivity contribution in [1.29, 1.82) is 0 Å². The van der Waals surface area contributed by atoms with Crippen LogP contribution in [0.2, 0.25) is 0 Å². The lowest BCUT2D eigenvalue weighted by molar-refractivity contribution is -0.142. The van der Waals surface area contributed by atoms with E-state index in [9.17, 15) is 22.8 Å². The Bertz CT molecular complexity index is 1620. The molecule has 0 unspecified atom stereocenters. The molecule has 40 heavy (non-hydrogen) atoms. The van der Waals surface area contributed by atoms with Crippen LogP contribution >= 0.6 is 27.3 Å². The summed E-state index contributed by atoms with van der Waals surface area (Å²) in [5.41, 5.74) is 0.225. The van der Waals surface area contributed by atoms with Gasteiger partial charge in [0, 0.05) is 10.4 Å².